The molecule has 1 aromatic heterocycles. The first kappa shape index (κ1) is 17.8. The zero-order valence-electron chi connectivity index (χ0n) is 13.8. The number of aryl methyl sites for hydroxylation is 2. The van der Waals surface area contributed by atoms with Crippen LogP contribution in [-0.2, 0) is 24.1 Å². The van der Waals surface area contributed by atoms with E-state index < -0.39 is 0 Å². The second-order valence-electron chi connectivity index (χ2n) is 6.17. The Bertz CT molecular complexity index is 681. The summed E-state index contributed by atoms with van der Waals surface area (Å²) in [6.07, 6.45) is 5.62. The fraction of sp³-hybridized carbons (Fsp3) is 0.500. The minimum Gasteiger partial charge on any atom is -0.464 e. The summed E-state index contributed by atoms with van der Waals surface area (Å²) >= 11 is 0. The molecule has 1 aliphatic rings. The van der Waals surface area contributed by atoms with Crippen LogP contribution in [0.15, 0.2) is 22.8 Å². The molecule has 0 aliphatic heterocycles. The van der Waals surface area contributed by atoms with Crippen molar-refractivity contribution in [2.45, 2.75) is 45.6 Å². The minimum atomic E-state index is 0. The molecule has 1 atom stereocenters. The molecule has 3 rings (SSSR count). The summed E-state index contributed by atoms with van der Waals surface area (Å²) in [6, 6.07) is 4.65. The average Bonchev–Trinajstić information content (AvgIpc) is 3.10. The second-order valence-corrected chi connectivity index (χ2v) is 6.17. The van der Waals surface area contributed by atoms with Crippen molar-refractivity contribution >= 4 is 29.3 Å². The van der Waals surface area contributed by atoms with Gasteiger partial charge in [-0.25, -0.2) is 0 Å². The first-order valence-corrected chi connectivity index (χ1v) is 8.19. The predicted octanol–water partition coefficient (Wildman–Crippen LogP) is 3.00. The van der Waals surface area contributed by atoms with Crippen molar-refractivity contribution < 1.29 is 9.21 Å². The number of rotatable bonds is 6. The Hall–Kier alpha value is -1.52. The molecule has 126 valence electrons. The van der Waals surface area contributed by atoms with Gasteiger partial charge in [0.15, 0.2) is 0 Å². The summed E-state index contributed by atoms with van der Waals surface area (Å²) in [5.74, 6) is 0.0490. The van der Waals surface area contributed by atoms with Crippen LogP contribution >= 0.6 is 12.4 Å². The highest BCUT2D eigenvalue weighted by molar-refractivity contribution is 5.88. The van der Waals surface area contributed by atoms with E-state index in [4.69, 9.17) is 4.42 Å². The number of likely N-dealkylation sites (N-methyl/N-ethyl adjacent to an activating group) is 1. The molecule has 2 N–H and O–H groups in total. The summed E-state index contributed by atoms with van der Waals surface area (Å²) in [5.41, 5.74) is 4.71. The Balaban J connectivity index is 0.00000192. The number of carbonyl (C=O) groups excluding carboxylic acids is 1. The van der Waals surface area contributed by atoms with E-state index in [1.54, 1.807) is 6.26 Å². The van der Waals surface area contributed by atoms with Crippen molar-refractivity contribution in [3.63, 3.8) is 0 Å². The van der Waals surface area contributed by atoms with E-state index in [-0.39, 0.29) is 18.3 Å². The van der Waals surface area contributed by atoms with Gasteiger partial charge in [-0.1, -0.05) is 6.92 Å². The Kier molecular flexibility index (Phi) is 6.08. The maximum absolute atomic E-state index is 12.1. The highest BCUT2D eigenvalue weighted by atomic mass is 35.5. The molecule has 0 unspecified atom stereocenters. The van der Waals surface area contributed by atoms with Crippen molar-refractivity contribution in [2.75, 3.05) is 13.1 Å². The van der Waals surface area contributed by atoms with Gasteiger partial charge in [0.2, 0.25) is 5.91 Å². The van der Waals surface area contributed by atoms with Crippen molar-refractivity contribution in [1.29, 1.82) is 0 Å². The maximum atomic E-state index is 12.1. The molecule has 1 aliphatic carbocycles. The van der Waals surface area contributed by atoms with Gasteiger partial charge in [0.1, 0.15) is 5.58 Å². The van der Waals surface area contributed by atoms with Gasteiger partial charge in [-0.15, -0.1) is 12.4 Å². The first-order valence-electron chi connectivity index (χ1n) is 8.19. The molecule has 5 heteroatoms. The van der Waals surface area contributed by atoms with Crippen LogP contribution in [0.2, 0.25) is 0 Å². The first-order chi connectivity index (χ1) is 10.7. The number of amides is 1. The van der Waals surface area contributed by atoms with Crippen LogP contribution in [0.4, 0.5) is 0 Å². The number of fused-ring (bicyclic) bond motifs is 2. The maximum Gasteiger partial charge on any atom is 0.224 e. The molecule has 0 fully saturated rings. The number of hydrogen-bond acceptors (Lipinski definition) is 3. The van der Waals surface area contributed by atoms with E-state index in [1.807, 2.05) is 0 Å². The van der Waals surface area contributed by atoms with Gasteiger partial charge in [-0.2, -0.15) is 0 Å². The van der Waals surface area contributed by atoms with E-state index >= 15 is 0 Å². The van der Waals surface area contributed by atoms with E-state index in [0.29, 0.717) is 19.0 Å². The summed E-state index contributed by atoms with van der Waals surface area (Å²) in [5, 5.41) is 7.36. The van der Waals surface area contributed by atoms with E-state index in [1.165, 1.54) is 17.5 Å². The molecule has 2 aromatic rings. The molecule has 4 nitrogen and oxygen atoms in total. The Labute approximate surface area is 143 Å². The predicted molar refractivity (Wildman–Crippen MR) is 95.3 cm³/mol. The van der Waals surface area contributed by atoms with Gasteiger partial charge in [0.05, 0.1) is 12.7 Å². The van der Waals surface area contributed by atoms with Crippen molar-refractivity contribution in [1.82, 2.24) is 10.6 Å². The molecule has 0 spiro atoms. The normalized spacial score (nSPS) is 14.3. The van der Waals surface area contributed by atoms with Crippen molar-refractivity contribution in [3.8, 4) is 0 Å². The fourth-order valence-corrected chi connectivity index (χ4v) is 3.21. The van der Waals surface area contributed by atoms with Gasteiger partial charge in [-0.05, 0) is 56.0 Å². The van der Waals surface area contributed by atoms with Crippen molar-refractivity contribution in [3.05, 3.63) is 35.1 Å². The van der Waals surface area contributed by atoms with Gasteiger partial charge < -0.3 is 15.1 Å². The summed E-state index contributed by atoms with van der Waals surface area (Å²) in [7, 11) is 0. The monoisotopic (exact) mass is 336 g/mol. The molecule has 1 aromatic carbocycles. The van der Waals surface area contributed by atoms with Crippen LogP contribution in [0.5, 0.6) is 0 Å². The number of halogens is 1. The highest BCUT2D eigenvalue weighted by Crippen LogP contribution is 2.30. The molecular formula is C18H25ClN2O2. The lowest BCUT2D eigenvalue weighted by Crippen LogP contribution is -2.39. The van der Waals surface area contributed by atoms with Crippen LogP contribution in [0.25, 0.3) is 11.0 Å². The van der Waals surface area contributed by atoms with Crippen molar-refractivity contribution in [2.24, 2.45) is 0 Å². The molecule has 1 heterocycles. The molecular weight excluding hydrogens is 312 g/mol. The highest BCUT2D eigenvalue weighted by Gasteiger charge is 2.16. The summed E-state index contributed by atoms with van der Waals surface area (Å²) in [4.78, 5) is 12.1. The number of benzene rings is 1. The lowest BCUT2D eigenvalue weighted by Gasteiger charge is -2.12. The topological polar surface area (TPSA) is 54.3 Å². The third-order valence-corrected chi connectivity index (χ3v) is 4.38. The van der Waals surface area contributed by atoms with Crippen LogP contribution in [0, 0.1) is 0 Å². The van der Waals surface area contributed by atoms with Gasteiger partial charge in [0, 0.05) is 23.5 Å². The molecule has 23 heavy (non-hydrogen) atoms. The van der Waals surface area contributed by atoms with E-state index in [2.05, 4.69) is 36.6 Å². The van der Waals surface area contributed by atoms with Crippen LogP contribution in [0.3, 0.4) is 0 Å². The minimum absolute atomic E-state index is 0. The van der Waals surface area contributed by atoms with E-state index in [0.717, 1.165) is 35.9 Å². The smallest absolute Gasteiger partial charge is 0.224 e. The van der Waals surface area contributed by atoms with Crippen LogP contribution < -0.4 is 10.6 Å². The molecule has 0 saturated carbocycles. The standard InChI is InChI=1S/C18H24N2O2.ClH/c1-3-19-12(2)10-20-18(21)9-15-11-22-17-8-14-6-4-5-13(14)7-16(15)17;/h7-8,11-12,19H,3-6,9-10H2,1-2H3,(H,20,21);1H/t12-;/m1./s1. The SMILES string of the molecule is CCN[C@H](C)CNC(=O)Cc1coc2cc3c(cc12)CCC3.Cl. The zero-order chi connectivity index (χ0) is 15.5. The lowest BCUT2D eigenvalue weighted by molar-refractivity contribution is -0.120. The number of carbonyl (C=O) groups is 1. The number of hydrogen-bond donors (Lipinski definition) is 2. The molecule has 1 amide bonds. The van der Waals surface area contributed by atoms with Crippen LogP contribution in [0.1, 0.15) is 37.0 Å². The van der Waals surface area contributed by atoms with Gasteiger partial charge >= 0.3 is 0 Å². The second kappa shape index (κ2) is 7.84. The Morgan fingerprint density at radius 2 is 2.04 bits per heavy atom. The molecule has 0 bridgehead atoms. The van der Waals surface area contributed by atoms with E-state index in [9.17, 15) is 4.79 Å². The number of nitrogens with one attached hydrogen (secondary N) is 2. The zero-order valence-corrected chi connectivity index (χ0v) is 14.6. The Morgan fingerprint density at radius 3 is 2.78 bits per heavy atom. The molecule has 0 saturated heterocycles. The van der Waals surface area contributed by atoms with Gasteiger partial charge in [-0.3, -0.25) is 4.79 Å². The number of furan rings is 1. The largest absolute Gasteiger partial charge is 0.464 e. The average molecular weight is 337 g/mol. The van der Waals surface area contributed by atoms with Crippen LogP contribution in [-0.4, -0.2) is 25.0 Å². The quantitative estimate of drug-likeness (QED) is 0.852. The third kappa shape index (κ3) is 4.06. The van der Waals surface area contributed by atoms with Gasteiger partial charge in [0.25, 0.3) is 0 Å². The third-order valence-electron chi connectivity index (χ3n) is 4.38. The summed E-state index contributed by atoms with van der Waals surface area (Å²) in [6.45, 7) is 5.70. The summed E-state index contributed by atoms with van der Waals surface area (Å²) < 4.78 is 5.65. The Morgan fingerprint density at radius 1 is 1.30 bits per heavy atom. The fourth-order valence-electron chi connectivity index (χ4n) is 3.21. The molecule has 0 radical (unpaired) electrons. The lowest BCUT2D eigenvalue weighted by atomic mass is 10.0.